The van der Waals surface area contributed by atoms with Crippen molar-refractivity contribution in [1.29, 1.82) is 0 Å². The van der Waals surface area contributed by atoms with E-state index in [1.807, 2.05) is 18.2 Å². The first kappa shape index (κ1) is 21.1. The zero-order chi connectivity index (χ0) is 20.7. The number of anilines is 2. The molecule has 0 radical (unpaired) electrons. The Morgan fingerprint density at radius 2 is 1.48 bits per heavy atom. The van der Waals surface area contributed by atoms with E-state index in [4.69, 9.17) is 23.8 Å². The van der Waals surface area contributed by atoms with Crippen LogP contribution < -0.4 is 15.4 Å². The van der Waals surface area contributed by atoms with Gasteiger partial charge in [0.1, 0.15) is 0 Å². The van der Waals surface area contributed by atoms with E-state index in [9.17, 15) is 8.42 Å². The molecule has 0 aliphatic rings. The van der Waals surface area contributed by atoms with Crippen LogP contribution in [0.2, 0.25) is 5.02 Å². The quantitative estimate of drug-likeness (QED) is 0.461. The van der Waals surface area contributed by atoms with Crippen LogP contribution in [-0.4, -0.2) is 20.1 Å². The molecule has 0 unspecified atom stereocenters. The molecule has 0 fully saturated rings. The molecule has 0 saturated heterocycles. The molecule has 8 heteroatoms. The summed E-state index contributed by atoms with van der Waals surface area (Å²) in [5.41, 5.74) is 2.37. The molecule has 3 N–H and O–H groups in total. The predicted molar refractivity (Wildman–Crippen MR) is 123 cm³/mol. The lowest BCUT2D eigenvalue weighted by molar-refractivity contribution is 0.601. The molecule has 3 rings (SSSR count). The van der Waals surface area contributed by atoms with Gasteiger partial charge in [-0.3, -0.25) is 4.72 Å². The number of halogens is 1. The summed E-state index contributed by atoms with van der Waals surface area (Å²) in [5, 5.41) is 7.21. The molecule has 0 heterocycles. The zero-order valence-electron chi connectivity index (χ0n) is 15.4. The van der Waals surface area contributed by atoms with Crippen molar-refractivity contribution in [3.05, 3.63) is 89.4 Å². The summed E-state index contributed by atoms with van der Waals surface area (Å²) >= 11 is 11.1. The Balaban J connectivity index is 1.53. The highest BCUT2D eigenvalue weighted by atomic mass is 35.5. The standard InChI is InChI=1S/C21H20ClN3O2S2/c22-17-6-8-19(9-7-17)25-29(26,27)20-12-10-18(11-13-20)24-21(28)23-15-14-16-4-2-1-3-5-16/h1-13,25H,14-15H2,(H2,23,24,28). The molecule has 0 amide bonds. The zero-order valence-corrected chi connectivity index (χ0v) is 17.8. The van der Waals surface area contributed by atoms with E-state index in [2.05, 4.69) is 27.5 Å². The summed E-state index contributed by atoms with van der Waals surface area (Å²) in [6, 6.07) is 23.0. The highest BCUT2D eigenvalue weighted by Gasteiger charge is 2.14. The predicted octanol–water partition coefficient (Wildman–Crippen LogP) is 4.67. The van der Waals surface area contributed by atoms with Crippen LogP contribution in [-0.2, 0) is 16.4 Å². The molecule has 3 aromatic rings. The highest BCUT2D eigenvalue weighted by molar-refractivity contribution is 7.92. The minimum atomic E-state index is -3.69. The van der Waals surface area contributed by atoms with E-state index in [0.717, 1.165) is 6.42 Å². The first-order chi connectivity index (χ1) is 13.9. The smallest absolute Gasteiger partial charge is 0.261 e. The highest BCUT2D eigenvalue weighted by Crippen LogP contribution is 2.20. The lowest BCUT2D eigenvalue weighted by Gasteiger charge is -2.12. The summed E-state index contributed by atoms with van der Waals surface area (Å²) in [4.78, 5) is 0.154. The number of nitrogens with one attached hydrogen (secondary N) is 3. The molecular weight excluding hydrogens is 426 g/mol. The molecule has 0 spiro atoms. The van der Waals surface area contributed by atoms with E-state index in [-0.39, 0.29) is 4.90 Å². The summed E-state index contributed by atoms with van der Waals surface area (Å²) in [7, 11) is -3.69. The SMILES string of the molecule is O=S(=O)(Nc1ccc(Cl)cc1)c1ccc(NC(=S)NCCc2ccccc2)cc1. The summed E-state index contributed by atoms with van der Waals surface area (Å²) in [6.07, 6.45) is 0.857. The Labute approximate surface area is 181 Å². The molecule has 150 valence electrons. The van der Waals surface area contributed by atoms with Gasteiger partial charge in [-0.1, -0.05) is 41.9 Å². The maximum atomic E-state index is 12.5. The van der Waals surface area contributed by atoms with Crippen molar-refractivity contribution in [2.75, 3.05) is 16.6 Å². The first-order valence-electron chi connectivity index (χ1n) is 8.90. The average Bonchev–Trinajstić information content (AvgIpc) is 2.71. The number of thiocarbonyl (C=S) groups is 1. The second-order valence-corrected chi connectivity index (χ2v) is 8.78. The molecular formula is C21H20ClN3O2S2. The van der Waals surface area contributed by atoms with E-state index < -0.39 is 10.0 Å². The third kappa shape index (κ3) is 6.45. The third-order valence-corrected chi connectivity index (χ3v) is 5.96. The first-order valence-corrected chi connectivity index (χ1v) is 11.2. The van der Waals surface area contributed by atoms with Gasteiger partial charge in [-0.05, 0) is 72.7 Å². The fourth-order valence-corrected chi connectivity index (χ4v) is 3.99. The molecule has 0 saturated carbocycles. The maximum Gasteiger partial charge on any atom is 0.261 e. The van der Waals surface area contributed by atoms with Crippen molar-refractivity contribution >= 4 is 50.3 Å². The molecule has 3 aromatic carbocycles. The van der Waals surface area contributed by atoms with E-state index in [1.54, 1.807) is 36.4 Å². The van der Waals surface area contributed by atoms with Gasteiger partial charge in [0.15, 0.2) is 5.11 Å². The molecule has 0 aromatic heterocycles. The van der Waals surface area contributed by atoms with Crippen LogP contribution in [0, 0.1) is 0 Å². The molecule has 0 aliphatic carbocycles. The van der Waals surface area contributed by atoms with Gasteiger partial charge < -0.3 is 10.6 Å². The summed E-state index contributed by atoms with van der Waals surface area (Å²) < 4.78 is 27.5. The number of sulfonamides is 1. The van der Waals surface area contributed by atoms with Crippen molar-refractivity contribution in [2.24, 2.45) is 0 Å². The molecule has 29 heavy (non-hydrogen) atoms. The molecule has 5 nitrogen and oxygen atoms in total. The van der Waals surface area contributed by atoms with Gasteiger partial charge in [-0.2, -0.15) is 0 Å². The average molecular weight is 446 g/mol. The fraction of sp³-hybridized carbons (Fsp3) is 0.0952. The maximum absolute atomic E-state index is 12.5. The van der Waals surface area contributed by atoms with E-state index >= 15 is 0 Å². The normalized spacial score (nSPS) is 10.9. The minimum absolute atomic E-state index is 0.154. The number of hydrogen-bond donors (Lipinski definition) is 3. The van der Waals surface area contributed by atoms with Gasteiger partial charge >= 0.3 is 0 Å². The summed E-state index contributed by atoms with van der Waals surface area (Å²) in [5.74, 6) is 0. The summed E-state index contributed by atoms with van der Waals surface area (Å²) in [6.45, 7) is 0.702. The van der Waals surface area contributed by atoms with Crippen molar-refractivity contribution in [3.63, 3.8) is 0 Å². The lowest BCUT2D eigenvalue weighted by Crippen LogP contribution is -2.30. The third-order valence-electron chi connectivity index (χ3n) is 4.06. The molecule has 0 aliphatic heterocycles. The van der Waals surface area contributed by atoms with Crippen LogP contribution in [0.15, 0.2) is 83.8 Å². The van der Waals surface area contributed by atoms with Crippen LogP contribution in [0.3, 0.4) is 0 Å². The number of rotatable bonds is 7. The van der Waals surface area contributed by atoms with Gasteiger partial charge in [-0.25, -0.2) is 8.42 Å². The van der Waals surface area contributed by atoms with Crippen molar-refractivity contribution in [2.45, 2.75) is 11.3 Å². The number of hydrogen-bond acceptors (Lipinski definition) is 3. The Morgan fingerprint density at radius 1 is 0.862 bits per heavy atom. The van der Waals surface area contributed by atoms with Gasteiger partial charge in [0.2, 0.25) is 0 Å². The minimum Gasteiger partial charge on any atom is -0.362 e. The van der Waals surface area contributed by atoms with Gasteiger partial charge in [0.05, 0.1) is 4.90 Å². The van der Waals surface area contributed by atoms with E-state index in [1.165, 1.54) is 17.7 Å². The van der Waals surface area contributed by atoms with Crippen LogP contribution in [0.25, 0.3) is 0 Å². The van der Waals surface area contributed by atoms with Gasteiger partial charge in [0, 0.05) is 22.9 Å². The number of benzene rings is 3. The van der Waals surface area contributed by atoms with Gasteiger partial charge in [-0.15, -0.1) is 0 Å². The van der Waals surface area contributed by atoms with Crippen LogP contribution in [0.5, 0.6) is 0 Å². The second kappa shape index (κ2) is 9.73. The van der Waals surface area contributed by atoms with Crippen LogP contribution in [0.1, 0.15) is 5.56 Å². The Morgan fingerprint density at radius 3 is 2.14 bits per heavy atom. The molecule has 0 atom stereocenters. The fourth-order valence-electron chi connectivity index (χ4n) is 2.59. The van der Waals surface area contributed by atoms with Crippen molar-refractivity contribution < 1.29 is 8.42 Å². The topological polar surface area (TPSA) is 70.2 Å². The van der Waals surface area contributed by atoms with Gasteiger partial charge in [0.25, 0.3) is 10.0 Å². The Bertz CT molecular complexity index is 1060. The largest absolute Gasteiger partial charge is 0.362 e. The van der Waals surface area contributed by atoms with E-state index in [0.29, 0.717) is 28.1 Å². The van der Waals surface area contributed by atoms with Crippen LogP contribution in [0.4, 0.5) is 11.4 Å². The monoisotopic (exact) mass is 445 g/mol. The van der Waals surface area contributed by atoms with Crippen molar-refractivity contribution in [1.82, 2.24) is 5.32 Å². The van der Waals surface area contributed by atoms with Crippen LogP contribution >= 0.6 is 23.8 Å². The Kier molecular flexibility index (Phi) is 7.09. The Hall–Kier alpha value is -2.61. The molecule has 0 bridgehead atoms. The van der Waals surface area contributed by atoms with Crippen molar-refractivity contribution in [3.8, 4) is 0 Å². The second-order valence-electron chi connectivity index (χ2n) is 6.25. The lowest BCUT2D eigenvalue weighted by atomic mass is 10.1.